The van der Waals surface area contributed by atoms with Gasteiger partial charge in [-0.2, -0.15) is 0 Å². The highest BCUT2D eigenvalue weighted by Gasteiger charge is 2.07. The normalized spacial score (nSPS) is 12.4. The zero-order valence-corrected chi connectivity index (χ0v) is 11.0. The van der Waals surface area contributed by atoms with Crippen molar-refractivity contribution in [1.29, 1.82) is 0 Å². The molecule has 0 bridgehead atoms. The van der Waals surface area contributed by atoms with Gasteiger partial charge in [0.1, 0.15) is 0 Å². The predicted molar refractivity (Wildman–Crippen MR) is 69.9 cm³/mol. The van der Waals surface area contributed by atoms with Crippen molar-refractivity contribution in [3.8, 4) is 0 Å². The number of furan rings is 1. The smallest absolute Gasteiger partial charge is 0.0955 e. The van der Waals surface area contributed by atoms with Crippen LogP contribution in [-0.2, 0) is 0 Å². The van der Waals surface area contributed by atoms with E-state index in [9.17, 15) is 0 Å². The molecule has 1 aromatic heterocycles. The van der Waals surface area contributed by atoms with E-state index in [4.69, 9.17) is 16.0 Å². The Hall–Kier alpha value is -0.930. The molecule has 0 spiro atoms. The largest absolute Gasteiger partial charge is 0.472 e. The Labute approximate surface area is 108 Å². The number of anilines is 1. The summed E-state index contributed by atoms with van der Waals surface area (Å²) in [6, 6.07) is 7.91. The molecule has 0 aliphatic rings. The molecule has 1 aromatic carbocycles. The molecule has 4 heteroatoms. The van der Waals surface area contributed by atoms with Crippen LogP contribution in [0.2, 0.25) is 5.02 Å². The Bertz CT molecular complexity index is 470. The third kappa shape index (κ3) is 2.60. The van der Waals surface area contributed by atoms with Gasteiger partial charge in [0.25, 0.3) is 0 Å². The lowest BCUT2D eigenvalue weighted by atomic mass is 10.1. The minimum Gasteiger partial charge on any atom is -0.472 e. The maximum atomic E-state index is 5.93. The molecule has 1 unspecified atom stereocenters. The molecule has 0 aliphatic heterocycles. The second kappa shape index (κ2) is 4.93. The number of hydrogen-bond donors (Lipinski definition) is 1. The van der Waals surface area contributed by atoms with E-state index >= 15 is 0 Å². The zero-order valence-electron chi connectivity index (χ0n) is 8.71. The molecule has 2 nitrogen and oxygen atoms in total. The molecule has 2 aromatic rings. The summed E-state index contributed by atoms with van der Waals surface area (Å²) >= 11 is 9.32. The highest BCUT2D eigenvalue weighted by molar-refractivity contribution is 9.10. The molecule has 0 aliphatic carbocycles. The first-order chi connectivity index (χ1) is 7.66. The topological polar surface area (TPSA) is 25.2 Å². The van der Waals surface area contributed by atoms with E-state index < -0.39 is 0 Å². The number of halogens is 2. The summed E-state index contributed by atoms with van der Waals surface area (Å²) in [5.41, 5.74) is 2.14. The average Bonchev–Trinajstić information content (AvgIpc) is 2.77. The number of nitrogens with one attached hydrogen (secondary N) is 1. The zero-order chi connectivity index (χ0) is 11.5. The van der Waals surface area contributed by atoms with Crippen molar-refractivity contribution in [2.75, 3.05) is 5.32 Å². The summed E-state index contributed by atoms with van der Waals surface area (Å²) in [5.74, 6) is 0. The van der Waals surface area contributed by atoms with E-state index in [1.807, 2.05) is 24.3 Å². The third-order valence-corrected chi connectivity index (χ3v) is 3.56. The van der Waals surface area contributed by atoms with Crippen LogP contribution in [-0.4, -0.2) is 0 Å². The first-order valence-corrected chi connectivity index (χ1v) is 6.07. The van der Waals surface area contributed by atoms with Gasteiger partial charge in [-0.3, -0.25) is 0 Å². The van der Waals surface area contributed by atoms with Gasteiger partial charge in [0, 0.05) is 15.7 Å². The van der Waals surface area contributed by atoms with Gasteiger partial charge in [0.05, 0.1) is 23.6 Å². The third-order valence-electron chi connectivity index (χ3n) is 2.35. The van der Waals surface area contributed by atoms with Crippen molar-refractivity contribution >= 4 is 33.2 Å². The minimum absolute atomic E-state index is 0.201. The van der Waals surface area contributed by atoms with Crippen LogP contribution in [0.5, 0.6) is 0 Å². The fourth-order valence-electron chi connectivity index (χ4n) is 1.44. The summed E-state index contributed by atoms with van der Waals surface area (Å²) in [6.45, 7) is 2.08. The molecule has 0 saturated carbocycles. The molecule has 2 rings (SSSR count). The summed E-state index contributed by atoms with van der Waals surface area (Å²) in [7, 11) is 0. The van der Waals surface area contributed by atoms with Crippen LogP contribution in [0.15, 0.2) is 45.7 Å². The van der Waals surface area contributed by atoms with E-state index in [2.05, 4.69) is 28.2 Å². The molecule has 0 saturated heterocycles. The molecule has 0 amide bonds. The maximum absolute atomic E-state index is 5.93. The van der Waals surface area contributed by atoms with Crippen molar-refractivity contribution in [2.24, 2.45) is 0 Å². The Morgan fingerprint density at radius 2 is 2.19 bits per heavy atom. The van der Waals surface area contributed by atoms with Gasteiger partial charge in [-0.1, -0.05) is 11.6 Å². The van der Waals surface area contributed by atoms with E-state index in [0.717, 1.165) is 15.7 Å². The molecule has 0 fully saturated rings. The van der Waals surface area contributed by atoms with Crippen molar-refractivity contribution in [3.63, 3.8) is 0 Å². The van der Waals surface area contributed by atoms with Crippen LogP contribution in [0.3, 0.4) is 0 Å². The summed E-state index contributed by atoms with van der Waals surface area (Å²) < 4.78 is 5.93. The van der Waals surface area contributed by atoms with Crippen LogP contribution in [0, 0.1) is 0 Å². The molecule has 1 atom stereocenters. The van der Waals surface area contributed by atoms with Crippen LogP contribution >= 0.6 is 27.5 Å². The summed E-state index contributed by atoms with van der Waals surface area (Å²) in [6.07, 6.45) is 3.41. The molecule has 0 radical (unpaired) electrons. The lowest BCUT2D eigenvalue weighted by Gasteiger charge is -2.14. The van der Waals surface area contributed by atoms with Crippen LogP contribution in [0.4, 0.5) is 5.69 Å². The Kier molecular flexibility index (Phi) is 3.56. The maximum Gasteiger partial charge on any atom is 0.0955 e. The first kappa shape index (κ1) is 11.6. The van der Waals surface area contributed by atoms with E-state index in [1.54, 1.807) is 12.5 Å². The highest BCUT2D eigenvalue weighted by Crippen LogP contribution is 2.27. The monoisotopic (exact) mass is 299 g/mol. The Morgan fingerprint density at radius 3 is 2.81 bits per heavy atom. The SMILES string of the molecule is CC(Nc1ccc(Cl)c(Br)c1)c1ccoc1. The van der Waals surface area contributed by atoms with Gasteiger partial charge in [-0.25, -0.2) is 0 Å². The first-order valence-electron chi connectivity index (χ1n) is 4.90. The van der Waals surface area contributed by atoms with E-state index in [1.165, 1.54) is 0 Å². The fraction of sp³-hybridized carbons (Fsp3) is 0.167. The van der Waals surface area contributed by atoms with Crippen LogP contribution < -0.4 is 5.32 Å². The van der Waals surface area contributed by atoms with Crippen LogP contribution in [0.25, 0.3) is 0 Å². The van der Waals surface area contributed by atoms with Gasteiger partial charge in [-0.15, -0.1) is 0 Å². The van der Waals surface area contributed by atoms with Crippen molar-refractivity contribution in [2.45, 2.75) is 13.0 Å². The van der Waals surface area contributed by atoms with E-state index in [0.29, 0.717) is 5.02 Å². The van der Waals surface area contributed by atoms with Gasteiger partial charge < -0.3 is 9.73 Å². The Balaban J connectivity index is 2.12. The molecule has 1 heterocycles. The quantitative estimate of drug-likeness (QED) is 0.875. The van der Waals surface area contributed by atoms with Gasteiger partial charge in [-0.05, 0) is 47.1 Å². The molecular formula is C12H11BrClNO. The van der Waals surface area contributed by atoms with Crippen molar-refractivity contribution < 1.29 is 4.42 Å². The van der Waals surface area contributed by atoms with Gasteiger partial charge >= 0.3 is 0 Å². The molecule has 1 N–H and O–H groups in total. The van der Waals surface area contributed by atoms with Gasteiger partial charge in [0.2, 0.25) is 0 Å². The number of hydrogen-bond acceptors (Lipinski definition) is 2. The highest BCUT2D eigenvalue weighted by atomic mass is 79.9. The van der Waals surface area contributed by atoms with Crippen molar-refractivity contribution in [1.82, 2.24) is 0 Å². The summed E-state index contributed by atoms with van der Waals surface area (Å²) in [4.78, 5) is 0. The van der Waals surface area contributed by atoms with Crippen LogP contribution in [0.1, 0.15) is 18.5 Å². The predicted octanol–water partition coefficient (Wildman–Crippen LogP) is 4.87. The Morgan fingerprint density at radius 1 is 1.38 bits per heavy atom. The van der Waals surface area contributed by atoms with Gasteiger partial charge in [0.15, 0.2) is 0 Å². The number of rotatable bonds is 3. The minimum atomic E-state index is 0.201. The average molecular weight is 301 g/mol. The molecule has 84 valence electrons. The van der Waals surface area contributed by atoms with E-state index in [-0.39, 0.29) is 6.04 Å². The summed E-state index contributed by atoms with van der Waals surface area (Å²) in [5, 5.41) is 4.07. The lowest BCUT2D eigenvalue weighted by molar-refractivity contribution is 0.562. The molecule has 16 heavy (non-hydrogen) atoms. The second-order valence-electron chi connectivity index (χ2n) is 3.55. The van der Waals surface area contributed by atoms with Crippen molar-refractivity contribution in [3.05, 3.63) is 51.9 Å². The fourth-order valence-corrected chi connectivity index (χ4v) is 1.94. The standard InChI is InChI=1S/C12H11BrClNO/c1-8(9-4-5-16-7-9)15-10-2-3-12(14)11(13)6-10/h2-8,15H,1H3. The number of benzene rings is 1. The second-order valence-corrected chi connectivity index (χ2v) is 4.81. The lowest BCUT2D eigenvalue weighted by Crippen LogP contribution is -2.05. The molecular weight excluding hydrogens is 289 g/mol.